The third kappa shape index (κ3) is 1.13. The SMILES string of the molecule is OC1CCCc2oc3c(c21)CCCC3. The van der Waals surface area contributed by atoms with Crippen molar-refractivity contribution in [1.82, 2.24) is 0 Å². The zero-order valence-corrected chi connectivity index (χ0v) is 8.38. The smallest absolute Gasteiger partial charge is 0.110 e. The fraction of sp³-hybridized carbons (Fsp3) is 0.667. The lowest BCUT2D eigenvalue weighted by Crippen LogP contribution is -2.10. The number of rotatable bonds is 0. The summed E-state index contributed by atoms with van der Waals surface area (Å²) in [7, 11) is 0. The van der Waals surface area contributed by atoms with Crippen molar-refractivity contribution < 1.29 is 9.52 Å². The lowest BCUT2D eigenvalue weighted by molar-refractivity contribution is 0.152. The average Bonchev–Trinajstić information content (AvgIpc) is 2.57. The highest BCUT2D eigenvalue weighted by molar-refractivity contribution is 5.38. The fourth-order valence-electron chi connectivity index (χ4n) is 2.82. The van der Waals surface area contributed by atoms with E-state index in [1.807, 2.05) is 0 Å². The van der Waals surface area contributed by atoms with E-state index < -0.39 is 0 Å². The van der Waals surface area contributed by atoms with Crippen LogP contribution in [0.2, 0.25) is 0 Å². The standard InChI is InChI=1S/C12H16O2/c13-9-5-3-7-11-12(9)8-4-1-2-6-10(8)14-11/h9,13H,1-7H2. The van der Waals surface area contributed by atoms with Crippen LogP contribution in [-0.2, 0) is 19.3 Å². The van der Waals surface area contributed by atoms with Crippen molar-refractivity contribution in [2.75, 3.05) is 0 Å². The molecular formula is C12H16O2. The molecule has 0 saturated carbocycles. The molecule has 3 rings (SSSR count). The van der Waals surface area contributed by atoms with E-state index in [4.69, 9.17) is 4.42 Å². The van der Waals surface area contributed by atoms with Gasteiger partial charge in [0.1, 0.15) is 11.5 Å². The van der Waals surface area contributed by atoms with Gasteiger partial charge >= 0.3 is 0 Å². The molecule has 1 heterocycles. The van der Waals surface area contributed by atoms with Gasteiger partial charge in [-0.25, -0.2) is 0 Å². The van der Waals surface area contributed by atoms with Gasteiger partial charge in [0.25, 0.3) is 0 Å². The van der Waals surface area contributed by atoms with Crippen molar-refractivity contribution in [2.24, 2.45) is 0 Å². The first-order valence-corrected chi connectivity index (χ1v) is 5.67. The third-order valence-electron chi connectivity index (χ3n) is 3.50. The lowest BCUT2D eigenvalue weighted by atomic mass is 9.87. The van der Waals surface area contributed by atoms with Crippen LogP contribution in [0, 0.1) is 0 Å². The predicted octanol–water partition coefficient (Wildman–Crippen LogP) is 2.53. The molecule has 0 spiro atoms. The third-order valence-corrected chi connectivity index (χ3v) is 3.50. The zero-order chi connectivity index (χ0) is 9.54. The van der Waals surface area contributed by atoms with Crippen LogP contribution in [0.4, 0.5) is 0 Å². The normalized spacial score (nSPS) is 25.6. The Morgan fingerprint density at radius 2 is 1.79 bits per heavy atom. The molecule has 1 aromatic rings. The van der Waals surface area contributed by atoms with Crippen LogP contribution in [0.3, 0.4) is 0 Å². The van der Waals surface area contributed by atoms with E-state index in [9.17, 15) is 5.11 Å². The molecule has 2 aliphatic carbocycles. The molecule has 2 nitrogen and oxygen atoms in total. The molecule has 0 bridgehead atoms. The Morgan fingerprint density at radius 3 is 2.71 bits per heavy atom. The van der Waals surface area contributed by atoms with Gasteiger partial charge in [-0.05, 0) is 37.7 Å². The second-order valence-electron chi connectivity index (χ2n) is 4.46. The minimum absolute atomic E-state index is 0.246. The zero-order valence-electron chi connectivity index (χ0n) is 8.38. The molecule has 1 atom stereocenters. The molecule has 0 radical (unpaired) electrons. The van der Waals surface area contributed by atoms with Crippen LogP contribution in [-0.4, -0.2) is 5.11 Å². The molecule has 1 aromatic heterocycles. The molecule has 0 saturated heterocycles. The Bertz CT molecular complexity index is 351. The maximum Gasteiger partial charge on any atom is 0.110 e. The topological polar surface area (TPSA) is 33.4 Å². The highest BCUT2D eigenvalue weighted by Crippen LogP contribution is 2.38. The number of fused-ring (bicyclic) bond motifs is 3. The van der Waals surface area contributed by atoms with E-state index in [-0.39, 0.29) is 6.10 Å². The Kier molecular flexibility index (Phi) is 1.91. The first-order chi connectivity index (χ1) is 6.86. The molecule has 0 aromatic carbocycles. The highest BCUT2D eigenvalue weighted by Gasteiger charge is 2.29. The molecule has 2 aliphatic rings. The number of hydrogen-bond acceptors (Lipinski definition) is 2. The molecule has 1 unspecified atom stereocenters. The van der Waals surface area contributed by atoms with Crippen molar-refractivity contribution in [2.45, 2.75) is 51.0 Å². The van der Waals surface area contributed by atoms with Gasteiger partial charge in [0, 0.05) is 18.4 Å². The molecule has 14 heavy (non-hydrogen) atoms. The Hall–Kier alpha value is -0.760. The van der Waals surface area contributed by atoms with Gasteiger partial charge in [-0.15, -0.1) is 0 Å². The quantitative estimate of drug-likeness (QED) is 0.685. The van der Waals surface area contributed by atoms with Crippen LogP contribution in [0.5, 0.6) is 0 Å². The first-order valence-electron chi connectivity index (χ1n) is 5.67. The monoisotopic (exact) mass is 192 g/mol. The van der Waals surface area contributed by atoms with Gasteiger partial charge in [0.15, 0.2) is 0 Å². The number of aliphatic hydroxyl groups is 1. The van der Waals surface area contributed by atoms with Crippen molar-refractivity contribution in [3.8, 4) is 0 Å². The predicted molar refractivity (Wildman–Crippen MR) is 53.2 cm³/mol. The van der Waals surface area contributed by atoms with Gasteiger partial charge in [0.05, 0.1) is 6.10 Å². The minimum atomic E-state index is -0.246. The second kappa shape index (κ2) is 3.13. The number of furan rings is 1. The molecule has 0 aliphatic heterocycles. The minimum Gasteiger partial charge on any atom is -0.465 e. The Labute approximate surface area is 83.9 Å². The van der Waals surface area contributed by atoms with E-state index in [2.05, 4.69) is 0 Å². The van der Waals surface area contributed by atoms with Crippen LogP contribution >= 0.6 is 0 Å². The van der Waals surface area contributed by atoms with Gasteiger partial charge < -0.3 is 9.52 Å². The van der Waals surface area contributed by atoms with Gasteiger partial charge in [-0.3, -0.25) is 0 Å². The van der Waals surface area contributed by atoms with Gasteiger partial charge in [0.2, 0.25) is 0 Å². The summed E-state index contributed by atoms with van der Waals surface area (Å²) in [5, 5.41) is 9.95. The summed E-state index contributed by atoms with van der Waals surface area (Å²) in [5.41, 5.74) is 2.50. The molecular weight excluding hydrogens is 176 g/mol. The van der Waals surface area contributed by atoms with Gasteiger partial charge in [-0.1, -0.05) is 0 Å². The first kappa shape index (κ1) is 8.54. The van der Waals surface area contributed by atoms with Crippen LogP contribution in [0.1, 0.15) is 54.4 Å². The van der Waals surface area contributed by atoms with Crippen molar-refractivity contribution >= 4 is 0 Å². The number of hydrogen-bond donors (Lipinski definition) is 1. The summed E-state index contributed by atoms with van der Waals surface area (Å²) >= 11 is 0. The molecule has 76 valence electrons. The van der Waals surface area contributed by atoms with E-state index in [1.165, 1.54) is 24.2 Å². The van der Waals surface area contributed by atoms with Crippen LogP contribution < -0.4 is 0 Å². The Morgan fingerprint density at radius 1 is 1.00 bits per heavy atom. The summed E-state index contributed by atoms with van der Waals surface area (Å²) in [6.45, 7) is 0. The largest absolute Gasteiger partial charge is 0.465 e. The van der Waals surface area contributed by atoms with E-state index in [0.29, 0.717) is 0 Å². The fourth-order valence-corrected chi connectivity index (χ4v) is 2.82. The summed E-state index contributed by atoms with van der Waals surface area (Å²) in [4.78, 5) is 0. The highest BCUT2D eigenvalue weighted by atomic mass is 16.3. The van der Waals surface area contributed by atoms with E-state index in [1.54, 1.807) is 0 Å². The molecule has 2 heteroatoms. The van der Waals surface area contributed by atoms with Crippen molar-refractivity contribution in [1.29, 1.82) is 0 Å². The maximum absolute atomic E-state index is 9.95. The van der Waals surface area contributed by atoms with E-state index in [0.717, 1.165) is 43.4 Å². The van der Waals surface area contributed by atoms with Crippen LogP contribution in [0.25, 0.3) is 0 Å². The van der Waals surface area contributed by atoms with Gasteiger partial charge in [-0.2, -0.15) is 0 Å². The van der Waals surface area contributed by atoms with Crippen molar-refractivity contribution in [3.05, 3.63) is 22.6 Å². The molecule has 0 fully saturated rings. The average molecular weight is 192 g/mol. The van der Waals surface area contributed by atoms with Crippen LogP contribution in [0.15, 0.2) is 4.42 Å². The summed E-state index contributed by atoms with van der Waals surface area (Å²) in [6, 6.07) is 0. The maximum atomic E-state index is 9.95. The summed E-state index contributed by atoms with van der Waals surface area (Å²) in [6.07, 6.45) is 7.46. The van der Waals surface area contributed by atoms with Crippen molar-refractivity contribution in [3.63, 3.8) is 0 Å². The second-order valence-corrected chi connectivity index (χ2v) is 4.46. The molecule has 0 amide bonds. The number of aryl methyl sites for hydroxylation is 2. The Balaban J connectivity index is 2.12. The molecule has 1 N–H and O–H groups in total. The summed E-state index contributed by atoms with van der Waals surface area (Å²) in [5.74, 6) is 2.25. The summed E-state index contributed by atoms with van der Waals surface area (Å²) < 4.78 is 5.84. The lowest BCUT2D eigenvalue weighted by Gasteiger charge is -2.18. The van der Waals surface area contributed by atoms with E-state index >= 15 is 0 Å². The number of aliphatic hydroxyl groups excluding tert-OH is 1.